The lowest BCUT2D eigenvalue weighted by Crippen LogP contribution is -2.34. The zero-order chi connectivity index (χ0) is 14.6. The molecule has 0 heterocycles. The van der Waals surface area contributed by atoms with Crippen molar-refractivity contribution in [1.82, 2.24) is 5.32 Å². The van der Waals surface area contributed by atoms with Crippen molar-refractivity contribution < 1.29 is 9.72 Å². The molecule has 0 spiro atoms. The normalized spacial score (nSPS) is 11.9. The molecule has 8 heteroatoms. The van der Waals surface area contributed by atoms with E-state index >= 15 is 0 Å². The molecule has 1 aromatic rings. The van der Waals surface area contributed by atoms with E-state index in [1.165, 1.54) is 6.07 Å². The summed E-state index contributed by atoms with van der Waals surface area (Å²) in [6.07, 6.45) is 1.92. The number of amides is 1. The molecule has 0 fully saturated rings. The van der Waals surface area contributed by atoms with Crippen LogP contribution >= 0.6 is 23.4 Å². The molecule has 0 radical (unpaired) electrons. The van der Waals surface area contributed by atoms with Gasteiger partial charge < -0.3 is 11.1 Å². The number of nitrogens with one attached hydrogen (secondary N) is 1. The molecule has 104 valence electrons. The summed E-state index contributed by atoms with van der Waals surface area (Å²) < 4.78 is 0. The lowest BCUT2D eigenvalue weighted by molar-refractivity contribution is -0.383. The Morgan fingerprint density at radius 2 is 2.26 bits per heavy atom. The van der Waals surface area contributed by atoms with Gasteiger partial charge >= 0.3 is 0 Å². The predicted octanol–water partition coefficient (Wildman–Crippen LogP) is 2.31. The average molecular weight is 304 g/mol. The third-order valence-electron chi connectivity index (χ3n) is 2.36. The maximum absolute atomic E-state index is 11.9. The molecular weight excluding hydrogens is 290 g/mol. The fourth-order valence-electron chi connectivity index (χ4n) is 1.48. The summed E-state index contributed by atoms with van der Waals surface area (Å²) in [4.78, 5) is 22.1. The van der Waals surface area contributed by atoms with E-state index in [2.05, 4.69) is 5.32 Å². The van der Waals surface area contributed by atoms with Gasteiger partial charge in [0.05, 0.1) is 9.95 Å². The molecule has 19 heavy (non-hydrogen) atoms. The molecular formula is C11H14ClN3O3S. The van der Waals surface area contributed by atoms with Gasteiger partial charge in [0.2, 0.25) is 0 Å². The Morgan fingerprint density at radius 1 is 1.63 bits per heavy atom. The number of carbonyl (C=O) groups excluding carboxylic acids is 1. The van der Waals surface area contributed by atoms with E-state index in [1.54, 1.807) is 11.8 Å². The Hall–Kier alpha value is -1.47. The van der Waals surface area contributed by atoms with Crippen molar-refractivity contribution in [2.24, 2.45) is 0 Å². The van der Waals surface area contributed by atoms with E-state index in [4.69, 9.17) is 17.3 Å². The van der Waals surface area contributed by atoms with Gasteiger partial charge in [0.15, 0.2) is 0 Å². The van der Waals surface area contributed by atoms with Crippen molar-refractivity contribution in [3.8, 4) is 0 Å². The largest absolute Gasteiger partial charge is 0.392 e. The van der Waals surface area contributed by atoms with Gasteiger partial charge in [0.25, 0.3) is 11.6 Å². The van der Waals surface area contributed by atoms with E-state index in [9.17, 15) is 14.9 Å². The quantitative estimate of drug-likeness (QED) is 0.494. The molecule has 0 aliphatic rings. The second kappa shape index (κ2) is 6.63. The molecule has 1 unspecified atom stereocenters. The number of hydrogen-bond acceptors (Lipinski definition) is 5. The summed E-state index contributed by atoms with van der Waals surface area (Å²) in [5, 5.41) is 13.5. The van der Waals surface area contributed by atoms with Crippen molar-refractivity contribution in [3.05, 3.63) is 32.8 Å². The van der Waals surface area contributed by atoms with Crippen LogP contribution in [0.25, 0.3) is 0 Å². The monoisotopic (exact) mass is 303 g/mol. The van der Waals surface area contributed by atoms with Crippen LogP contribution in [0.2, 0.25) is 5.02 Å². The van der Waals surface area contributed by atoms with E-state index in [0.29, 0.717) is 0 Å². The minimum absolute atomic E-state index is 0.00290. The maximum Gasteiger partial charge on any atom is 0.294 e. The molecule has 3 N–H and O–H groups in total. The summed E-state index contributed by atoms with van der Waals surface area (Å²) in [7, 11) is 0. The molecule has 1 amide bonds. The molecule has 1 atom stereocenters. The zero-order valence-corrected chi connectivity index (χ0v) is 12.0. The Morgan fingerprint density at radius 3 is 2.79 bits per heavy atom. The number of nitro groups is 1. The molecule has 1 aromatic carbocycles. The van der Waals surface area contributed by atoms with Crippen LogP contribution in [0.4, 0.5) is 11.4 Å². The van der Waals surface area contributed by atoms with Crippen LogP contribution in [-0.4, -0.2) is 28.9 Å². The number of nitrogen functional groups attached to an aromatic ring is 1. The van der Waals surface area contributed by atoms with Crippen molar-refractivity contribution in [2.45, 2.75) is 13.0 Å². The van der Waals surface area contributed by atoms with Crippen LogP contribution < -0.4 is 11.1 Å². The van der Waals surface area contributed by atoms with Crippen LogP contribution in [0.15, 0.2) is 12.1 Å². The Bertz CT molecular complexity index is 510. The SMILES string of the molecule is CSCC(C)NC(=O)c1cc(Cl)c(N)c([N+](=O)[O-])c1. The van der Waals surface area contributed by atoms with Gasteiger partial charge in [-0.1, -0.05) is 11.6 Å². The smallest absolute Gasteiger partial charge is 0.294 e. The number of halogens is 1. The van der Waals surface area contributed by atoms with Gasteiger partial charge in [-0.3, -0.25) is 14.9 Å². The Balaban J connectivity index is 3.01. The number of anilines is 1. The molecule has 1 rings (SSSR count). The number of nitro benzene ring substituents is 1. The third-order valence-corrected chi connectivity index (χ3v) is 3.51. The minimum Gasteiger partial charge on any atom is -0.392 e. The van der Waals surface area contributed by atoms with Gasteiger partial charge in [0.1, 0.15) is 5.69 Å². The second-order valence-electron chi connectivity index (χ2n) is 3.98. The Labute approximate surface area is 119 Å². The summed E-state index contributed by atoms with van der Waals surface area (Å²) in [5.74, 6) is 0.336. The number of thioether (sulfide) groups is 1. The average Bonchev–Trinajstić information content (AvgIpc) is 2.32. The minimum atomic E-state index is -0.663. The highest BCUT2D eigenvalue weighted by molar-refractivity contribution is 7.98. The lowest BCUT2D eigenvalue weighted by atomic mass is 10.1. The first-order chi connectivity index (χ1) is 8.86. The molecule has 0 saturated heterocycles. The molecule has 0 aliphatic carbocycles. The zero-order valence-electron chi connectivity index (χ0n) is 10.5. The predicted molar refractivity (Wildman–Crippen MR) is 77.8 cm³/mol. The first-order valence-corrected chi connectivity index (χ1v) is 7.17. The van der Waals surface area contributed by atoms with Crippen LogP contribution in [0.3, 0.4) is 0 Å². The van der Waals surface area contributed by atoms with Crippen molar-refractivity contribution in [3.63, 3.8) is 0 Å². The molecule has 6 nitrogen and oxygen atoms in total. The second-order valence-corrected chi connectivity index (χ2v) is 5.30. The van der Waals surface area contributed by atoms with Crippen LogP contribution in [0, 0.1) is 10.1 Å². The van der Waals surface area contributed by atoms with Crippen molar-refractivity contribution in [2.75, 3.05) is 17.7 Å². The number of nitrogens with zero attached hydrogens (tertiary/aromatic N) is 1. The van der Waals surface area contributed by atoms with Gasteiger partial charge in [-0.2, -0.15) is 11.8 Å². The summed E-state index contributed by atoms with van der Waals surface area (Å²) in [6, 6.07) is 2.41. The summed E-state index contributed by atoms with van der Waals surface area (Å²) in [5.41, 5.74) is 5.11. The first-order valence-electron chi connectivity index (χ1n) is 5.40. The number of rotatable bonds is 5. The highest BCUT2D eigenvalue weighted by atomic mass is 35.5. The standard InChI is InChI=1S/C11H14ClN3O3S/c1-6(5-19-2)14-11(16)7-3-8(12)10(13)9(4-7)15(17)18/h3-4,6H,5,13H2,1-2H3,(H,14,16). The number of benzene rings is 1. The van der Waals surface area contributed by atoms with E-state index in [1.807, 2.05) is 13.2 Å². The molecule has 0 bridgehead atoms. The Kier molecular flexibility index (Phi) is 5.44. The lowest BCUT2D eigenvalue weighted by Gasteiger charge is -2.12. The van der Waals surface area contributed by atoms with Crippen LogP contribution in [0.1, 0.15) is 17.3 Å². The van der Waals surface area contributed by atoms with Gasteiger partial charge in [0, 0.05) is 23.4 Å². The first kappa shape index (κ1) is 15.6. The van der Waals surface area contributed by atoms with E-state index in [-0.39, 0.29) is 28.0 Å². The molecule has 0 saturated carbocycles. The van der Waals surface area contributed by atoms with Gasteiger partial charge in [-0.25, -0.2) is 0 Å². The summed E-state index contributed by atoms with van der Waals surface area (Å²) >= 11 is 7.38. The highest BCUT2D eigenvalue weighted by Crippen LogP contribution is 2.30. The number of carbonyl (C=O) groups is 1. The van der Waals surface area contributed by atoms with E-state index < -0.39 is 10.8 Å². The fourth-order valence-corrected chi connectivity index (χ4v) is 2.28. The van der Waals surface area contributed by atoms with Crippen LogP contribution in [0.5, 0.6) is 0 Å². The van der Waals surface area contributed by atoms with Crippen LogP contribution in [-0.2, 0) is 0 Å². The number of hydrogen-bond donors (Lipinski definition) is 2. The number of nitrogens with two attached hydrogens (primary N) is 1. The summed E-state index contributed by atoms with van der Waals surface area (Å²) in [6.45, 7) is 1.85. The van der Waals surface area contributed by atoms with E-state index in [0.717, 1.165) is 11.8 Å². The molecule has 0 aromatic heterocycles. The van der Waals surface area contributed by atoms with Gasteiger partial charge in [-0.15, -0.1) is 0 Å². The van der Waals surface area contributed by atoms with Gasteiger partial charge in [-0.05, 0) is 19.2 Å². The van der Waals surface area contributed by atoms with Crippen molar-refractivity contribution >= 4 is 40.6 Å². The fraction of sp³-hybridized carbons (Fsp3) is 0.364. The highest BCUT2D eigenvalue weighted by Gasteiger charge is 2.20. The third kappa shape index (κ3) is 4.00. The molecule has 0 aliphatic heterocycles. The maximum atomic E-state index is 11.9. The topological polar surface area (TPSA) is 98.3 Å². The van der Waals surface area contributed by atoms with Crippen molar-refractivity contribution in [1.29, 1.82) is 0 Å².